The number of morpholine rings is 1. The maximum absolute atomic E-state index is 13.0. The molecule has 5 rings (SSSR count). The number of carbonyl (C=O) groups is 1. The Labute approximate surface area is 199 Å². The zero-order valence-electron chi connectivity index (χ0n) is 18.7. The summed E-state index contributed by atoms with van der Waals surface area (Å²) >= 11 is 0. The third kappa shape index (κ3) is 4.52. The molecule has 1 saturated heterocycles. The molecule has 1 fully saturated rings. The highest BCUT2D eigenvalue weighted by atomic mass is 19.4. The van der Waals surface area contributed by atoms with Crippen molar-refractivity contribution in [2.75, 3.05) is 30.0 Å². The highest BCUT2D eigenvalue weighted by Gasteiger charge is 2.35. The molecule has 2 aliphatic heterocycles. The number of allylic oxidation sites excluding steroid dienone is 2. The molecule has 0 bridgehead atoms. The van der Waals surface area contributed by atoms with E-state index < -0.39 is 23.8 Å². The van der Waals surface area contributed by atoms with E-state index in [1.807, 2.05) is 13.0 Å². The van der Waals surface area contributed by atoms with E-state index in [0.717, 1.165) is 23.4 Å². The first-order valence-electron chi connectivity index (χ1n) is 11.0. The molecule has 1 amide bonds. The van der Waals surface area contributed by atoms with E-state index in [-0.39, 0.29) is 11.6 Å². The molecule has 0 saturated carbocycles. The van der Waals surface area contributed by atoms with Gasteiger partial charge in [0.2, 0.25) is 0 Å². The summed E-state index contributed by atoms with van der Waals surface area (Å²) in [6.07, 6.45) is -0.188. The van der Waals surface area contributed by atoms with Crippen LogP contribution in [0.2, 0.25) is 0 Å². The van der Waals surface area contributed by atoms with Gasteiger partial charge in [-0.2, -0.15) is 13.2 Å². The van der Waals surface area contributed by atoms with Gasteiger partial charge >= 0.3 is 6.18 Å². The van der Waals surface area contributed by atoms with Crippen LogP contribution in [0.5, 0.6) is 0 Å². The number of pyridine rings is 2. The van der Waals surface area contributed by atoms with Crippen LogP contribution in [0.4, 0.5) is 24.5 Å². The maximum Gasteiger partial charge on any atom is 0.417 e. The van der Waals surface area contributed by atoms with E-state index in [4.69, 9.17) is 4.74 Å². The molecule has 2 N–H and O–H groups in total. The Kier molecular flexibility index (Phi) is 5.83. The largest absolute Gasteiger partial charge is 0.417 e. The fourth-order valence-electron chi connectivity index (χ4n) is 4.44. The number of anilines is 2. The molecule has 1 aliphatic carbocycles. The van der Waals surface area contributed by atoms with Gasteiger partial charge in [-0.15, -0.1) is 0 Å². The molecule has 10 heteroatoms. The summed E-state index contributed by atoms with van der Waals surface area (Å²) in [5.41, 5.74) is 7.26. The summed E-state index contributed by atoms with van der Waals surface area (Å²) in [7, 11) is 0. The van der Waals surface area contributed by atoms with Crippen LogP contribution >= 0.6 is 0 Å². The first-order chi connectivity index (χ1) is 16.7. The molecule has 2 unspecified atom stereocenters. The number of amides is 1. The van der Waals surface area contributed by atoms with Gasteiger partial charge in [0.1, 0.15) is 6.10 Å². The third-order valence-electron chi connectivity index (χ3n) is 6.21. The van der Waals surface area contributed by atoms with Crippen molar-refractivity contribution in [3.05, 3.63) is 70.7 Å². The Bertz CT molecular complexity index is 1340. The lowest BCUT2D eigenvalue weighted by molar-refractivity contribution is -0.112. The molecule has 4 heterocycles. The van der Waals surface area contributed by atoms with Gasteiger partial charge in [0.05, 0.1) is 53.7 Å². The van der Waals surface area contributed by atoms with Gasteiger partial charge in [-0.1, -0.05) is 11.5 Å². The van der Waals surface area contributed by atoms with E-state index in [9.17, 15) is 23.1 Å². The van der Waals surface area contributed by atoms with Crippen LogP contribution in [0.25, 0.3) is 11.1 Å². The average molecular weight is 482 g/mol. The standard InChI is InChI=1S/C25H21F3N4O3/c1-14-20(16-8-21-23(30-11-16)22(33)10-19-13-35-6-5-32(19)21)9-18(12-29-14)31-24(34)15-3-2-4-17(7-15)25(26,27)28/h4,7-9,11-12,19,22,33H,5-6,10,13H2,1H3,(H,31,34). The minimum Gasteiger partial charge on any atom is -0.387 e. The Morgan fingerprint density at radius 1 is 1.29 bits per heavy atom. The van der Waals surface area contributed by atoms with Crippen LogP contribution < -0.4 is 10.2 Å². The number of aromatic nitrogens is 2. The fraction of sp³-hybridized carbons (Fsp3) is 0.320. The Hall–Kier alpha value is -3.68. The Morgan fingerprint density at radius 3 is 2.91 bits per heavy atom. The second kappa shape index (κ2) is 8.83. The smallest absolute Gasteiger partial charge is 0.387 e. The average Bonchev–Trinajstić information content (AvgIpc) is 2.84. The van der Waals surface area contributed by atoms with Gasteiger partial charge < -0.3 is 20.1 Å². The van der Waals surface area contributed by atoms with E-state index >= 15 is 0 Å². The molecule has 2 atom stereocenters. The van der Waals surface area contributed by atoms with Gasteiger partial charge in [-0.3, -0.25) is 14.8 Å². The molecule has 0 spiro atoms. The quantitative estimate of drug-likeness (QED) is 0.648. The van der Waals surface area contributed by atoms with Crippen molar-refractivity contribution in [1.29, 1.82) is 0 Å². The number of aliphatic hydroxyl groups excluding tert-OH is 1. The number of alkyl halides is 3. The maximum atomic E-state index is 13.0. The number of nitrogens with one attached hydrogen (secondary N) is 1. The number of carbonyl (C=O) groups excluding carboxylic acids is 1. The van der Waals surface area contributed by atoms with E-state index in [0.29, 0.717) is 48.8 Å². The number of fused-ring (bicyclic) bond motifs is 3. The van der Waals surface area contributed by atoms with Gasteiger partial charge in [0, 0.05) is 42.1 Å². The number of hydrogen-bond donors (Lipinski definition) is 2. The van der Waals surface area contributed by atoms with Crippen molar-refractivity contribution in [3.63, 3.8) is 0 Å². The van der Waals surface area contributed by atoms with Crippen LogP contribution in [0, 0.1) is 6.92 Å². The SMILES string of the molecule is Cc1ncc(NC(=O)C2=C=C=CC(C(F)(F)F)=C2)cc1-c1cnc2c(c1)N1CCOCC1CC2O. The van der Waals surface area contributed by atoms with Crippen LogP contribution in [0.15, 0.2) is 59.3 Å². The van der Waals surface area contributed by atoms with Crippen molar-refractivity contribution < 1.29 is 27.8 Å². The van der Waals surface area contributed by atoms with Crippen LogP contribution in [0.3, 0.4) is 0 Å². The highest BCUT2D eigenvalue weighted by Crippen LogP contribution is 2.39. The summed E-state index contributed by atoms with van der Waals surface area (Å²) in [6.45, 7) is 3.62. The van der Waals surface area contributed by atoms with Crippen molar-refractivity contribution in [2.24, 2.45) is 0 Å². The van der Waals surface area contributed by atoms with Crippen molar-refractivity contribution in [2.45, 2.75) is 31.7 Å². The molecule has 3 aliphatic rings. The third-order valence-corrected chi connectivity index (χ3v) is 6.21. The Morgan fingerprint density at radius 2 is 2.11 bits per heavy atom. The predicted molar refractivity (Wildman–Crippen MR) is 122 cm³/mol. The minimum atomic E-state index is -4.59. The topological polar surface area (TPSA) is 87.6 Å². The van der Waals surface area contributed by atoms with Crippen molar-refractivity contribution >= 4 is 17.3 Å². The molecule has 2 aromatic rings. The first kappa shape index (κ1) is 23.1. The summed E-state index contributed by atoms with van der Waals surface area (Å²) in [5.74, 6) is -0.758. The van der Waals surface area contributed by atoms with Crippen LogP contribution in [-0.2, 0) is 9.53 Å². The number of rotatable bonds is 3. The lowest BCUT2D eigenvalue weighted by Gasteiger charge is -2.43. The molecular weight excluding hydrogens is 461 g/mol. The second-order valence-electron chi connectivity index (χ2n) is 8.54. The number of nitrogens with zero attached hydrogens (tertiary/aromatic N) is 3. The van der Waals surface area contributed by atoms with Crippen molar-refractivity contribution in [3.8, 4) is 11.1 Å². The molecule has 0 aromatic carbocycles. The van der Waals surface area contributed by atoms with Crippen LogP contribution in [0.1, 0.15) is 23.9 Å². The van der Waals surface area contributed by atoms with E-state index in [1.165, 1.54) is 6.20 Å². The molecule has 0 radical (unpaired) electrons. The molecular formula is C25H21F3N4O3. The van der Waals surface area contributed by atoms with E-state index in [1.54, 1.807) is 12.3 Å². The fourth-order valence-corrected chi connectivity index (χ4v) is 4.44. The lowest BCUT2D eigenvalue weighted by Crippen LogP contribution is -2.49. The zero-order chi connectivity index (χ0) is 24.7. The highest BCUT2D eigenvalue weighted by molar-refractivity contribution is 6.06. The lowest BCUT2D eigenvalue weighted by atomic mass is 9.94. The van der Waals surface area contributed by atoms with Gasteiger partial charge in [-0.25, -0.2) is 0 Å². The van der Waals surface area contributed by atoms with E-state index in [2.05, 4.69) is 31.6 Å². The molecule has 180 valence electrons. The normalized spacial score (nSPS) is 21.1. The number of hydrogen-bond acceptors (Lipinski definition) is 6. The van der Waals surface area contributed by atoms with Gasteiger partial charge in [0.25, 0.3) is 5.91 Å². The molecule has 35 heavy (non-hydrogen) atoms. The van der Waals surface area contributed by atoms with Gasteiger partial charge in [0.15, 0.2) is 0 Å². The number of aryl methyl sites for hydroxylation is 1. The summed E-state index contributed by atoms with van der Waals surface area (Å²) in [5, 5.41) is 13.1. The number of ether oxygens (including phenoxy) is 1. The summed E-state index contributed by atoms with van der Waals surface area (Å²) in [6, 6.07) is 3.69. The number of aliphatic hydroxyl groups is 1. The molecule has 2 aromatic heterocycles. The van der Waals surface area contributed by atoms with Crippen molar-refractivity contribution in [1.82, 2.24) is 9.97 Å². The first-order valence-corrected chi connectivity index (χ1v) is 11.0. The van der Waals surface area contributed by atoms with Gasteiger partial charge in [-0.05, 0) is 25.1 Å². The molecule has 7 nitrogen and oxygen atoms in total. The van der Waals surface area contributed by atoms with Crippen LogP contribution in [-0.4, -0.2) is 53.0 Å². The number of halogens is 3. The minimum absolute atomic E-state index is 0.0636. The predicted octanol–water partition coefficient (Wildman–Crippen LogP) is 3.77. The monoisotopic (exact) mass is 482 g/mol. The second-order valence-corrected chi connectivity index (χ2v) is 8.54. The summed E-state index contributed by atoms with van der Waals surface area (Å²) < 4.78 is 44.5. The summed E-state index contributed by atoms with van der Waals surface area (Å²) in [4.78, 5) is 23.6. The Balaban J connectivity index is 1.44. The zero-order valence-corrected chi connectivity index (χ0v) is 18.7.